The second-order valence-electron chi connectivity index (χ2n) is 4.83. The molecule has 0 bridgehead atoms. The third kappa shape index (κ3) is 3.59. The number of Topliss-reactive ketones (excluding diaryl/α,β-unsaturated/α-hetero) is 1. The quantitative estimate of drug-likeness (QED) is 0.714. The van der Waals surface area contributed by atoms with Gasteiger partial charge in [-0.05, 0) is 33.6 Å². The van der Waals surface area contributed by atoms with E-state index in [1.807, 2.05) is 20.8 Å². The van der Waals surface area contributed by atoms with E-state index < -0.39 is 11.4 Å². The zero-order valence-electron chi connectivity index (χ0n) is 9.13. The Kier molecular flexibility index (Phi) is 3.98. The van der Waals surface area contributed by atoms with Crippen molar-refractivity contribution in [2.45, 2.75) is 57.2 Å². The summed E-state index contributed by atoms with van der Waals surface area (Å²) in [4.78, 5) is 11.2. The maximum absolute atomic E-state index is 11.7. The Morgan fingerprint density at radius 3 is 2.64 bits per heavy atom. The van der Waals surface area contributed by atoms with Crippen LogP contribution in [0.5, 0.6) is 0 Å². The van der Waals surface area contributed by atoms with Crippen LogP contribution in [0.15, 0.2) is 0 Å². The van der Waals surface area contributed by atoms with E-state index in [-0.39, 0.29) is 10.8 Å². The number of ketones is 1. The molecule has 0 aromatic carbocycles. The lowest BCUT2D eigenvalue weighted by atomic mass is 9.95. The van der Waals surface area contributed by atoms with Gasteiger partial charge in [0, 0.05) is 24.2 Å². The first-order valence-corrected chi connectivity index (χ1v) is 6.24. The summed E-state index contributed by atoms with van der Waals surface area (Å²) in [5, 5.41) is 0. The van der Waals surface area contributed by atoms with Gasteiger partial charge >= 0.3 is 0 Å². The van der Waals surface area contributed by atoms with Crippen molar-refractivity contribution in [2.24, 2.45) is 0 Å². The van der Waals surface area contributed by atoms with Gasteiger partial charge in [0.1, 0.15) is 10.5 Å². The highest BCUT2D eigenvalue weighted by molar-refractivity contribution is 7.90. The number of hydrogen-bond acceptors (Lipinski definition) is 3. The minimum atomic E-state index is -1.05. The molecule has 0 amide bonds. The van der Waals surface area contributed by atoms with Crippen LogP contribution in [0.25, 0.3) is 0 Å². The van der Waals surface area contributed by atoms with Gasteiger partial charge in [-0.3, -0.25) is 4.79 Å². The van der Waals surface area contributed by atoms with Gasteiger partial charge in [0.05, 0.1) is 6.04 Å². The summed E-state index contributed by atoms with van der Waals surface area (Å²) in [6.07, 6.45) is 3.13. The van der Waals surface area contributed by atoms with Crippen LogP contribution in [0.1, 0.15) is 46.5 Å². The maximum atomic E-state index is 11.7. The molecule has 0 radical (unpaired) electrons. The van der Waals surface area contributed by atoms with Gasteiger partial charge in [-0.25, -0.2) is 0 Å². The molecule has 0 saturated heterocycles. The number of hydrogen-bond donors (Lipinski definition) is 1. The Labute approximate surface area is 89.0 Å². The fourth-order valence-corrected chi connectivity index (χ4v) is 2.31. The van der Waals surface area contributed by atoms with Crippen LogP contribution < -0.4 is 4.72 Å². The van der Waals surface area contributed by atoms with E-state index >= 15 is 0 Å². The van der Waals surface area contributed by atoms with E-state index in [4.69, 9.17) is 0 Å². The number of carbonyl (C=O) groups excluding carboxylic acids is 1. The molecule has 1 saturated carbocycles. The van der Waals surface area contributed by atoms with Gasteiger partial charge < -0.3 is 4.55 Å². The van der Waals surface area contributed by atoms with Crippen molar-refractivity contribution < 1.29 is 9.35 Å². The molecule has 0 spiro atoms. The fourth-order valence-electron chi connectivity index (χ4n) is 1.45. The van der Waals surface area contributed by atoms with Crippen molar-refractivity contribution in [2.75, 3.05) is 0 Å². The average molecular weight is 217 g/mol. The molecule has 1 aliphatic carbocycles. The Balaban J connectivity index is 2.40. The van der Waals surface area contributed by atoms with Gasteiger partial charge in [0.15, 0.2) is 0 Å². The first-order chi connectivity index (χ1) is 6.39. The molecule has 1 N–H and O–H groups in total. The van der Waals surface area contributed by atoms with E-state index in [1.54, 1.807) is 0 Å². The van der Waals surface area contributed by atoms with Crippen molar-refractivity contribution in [1.82, 2.24) is 4.72 Å². The second-order valence-corrected chi connectivity index (χ2v) is 6.83. The van der Waals surface area contributed by atoms with E-state index in [9.17, 15) is 9.35 Å². The molecule has 82 valence electrons. The molecular formula is C10H19NO2S. The second kappa shape index (κ2) is 4.64. The van der Waals surface area contributed by atoms with E-state index in [1.165, 1.54) is 0 Å². The van der Waals surface area contributed by atoms with Gasteiger partial charge in [-0.2, -0.15) is 0 Å². The van der Waals surface area contributed by atoms with Crippen LogP contribution in [-0.4, -0.2) is 21.1 Å². The lowest BCUT2D eigenvalue weighted by molar-refractivity contribution is -0.120. The first-order valence-electron chi connectivity index (χ1n) is 5.09. The molecule has 0 aromatic rings. The zero-order chi connectivity index (χ0) is 10.8. The molecule has 4 heteroatoms. The molecule has 0 aromatic heterocycles. The molecule has 2 unspecified atom stereocenters. The predicted molar refractivity (Wildman–Crippen MR) is 58.3 cm³/mol. The summed E-state index contributed by atoms with van der Waals surface area (Å²) in [6, 6.07) is 0.122. The summed E-state index contributed by atoms with van der Waals surface area (Å²) >= 11 is -1.05. The SMILES string of the molecule is CC(C)(C)[S+]([O-])NC1CCCC(=O)C1. The lowest BCUT2D eigenvalue weighted by Crippen LogP contribution is -2.46. The van der Waals surface area contributed by atoms with Gasteiger partial charge in [-0.1, -0.05) is 0 Å². The molecular weight excluding hydrogens is 198 g/mol. The van der Waals surface area contributed by atoms with Gasteiger partial charge in [0.25, 0.3) is 0 Å². The summed E-state index contributed by atoms with van der Waals surface area (Å²) in [5.74, 6) is 0.291. The standard InChI is InChI=1S/C10H19NO2S/c1-10(2,3)14(13)11-8-5-4-6-9(12)7-8/h8,11H,4-7H2,1-3H3. The highest BCUT2D eigenvalue weighted by atomic mass is 32.2. The van der Waals surface area contributed by atoms with E-state index in [0.29, 0.717) is 18.6 Å². The zero-order valence-corrected chi connectivity index (χ0v) is 9.95. The predicted octanol–water partition coefficient (Wildman–Crippen LogP) is 1.55. The van der Waals surface area contributed by atoms with Crippen LogP contribution in [0.4, 0.5) is 0 Å². The molecule has 1 fully saturated rings. The summed E-state index contributed by atoms with van der Waals surface area (Å²) < 4.78 is 14.5. The summed E-state index contributed by atoms with van der Waals surface area (Å²) in [5.41, 5.74) is 0. The smallest absolute Gasteiger partial charge is 0.136 e. The Morgan fingerprint density at radius 1 is 1.50 bits per heavy atom. The molecule has 1 rings (SSSR count). The minimum absolute atomic E-state index is 0.122. The third-order valence-corrected chi connectivity index (χ3v) is 3.97. The molecule has 14 heavy (non-hydrogen) atoms. The average Bonchev–Trinajstić information content (AvgIpc) is 2.02. The van der Waals surface area contributed by atoms with Crippen molar-refractivity contribution in [3.8, 4) is 0 Å². The maximum Gasteiger partial charge on any atom is 0.136 e. The molecule has 1 aliphatic rings. The largest absolute Gasteiger partial charge is 0.598 e. The molecule has 3 nitrogen and oxygen atoms in total. The van der Waals surface area contributed by atoms with Gasteiger partial charge in [-0.15, -0.1) is 4.72 Å². The highest BCUT2D eigenvalue weighted by Gasteiger charge is 2.31. The van der Waals surface area contributed by atoms with Crippen LogP contribution >= 0.6 is 0 Å². The Morgan fingerprint density at radius 2 is 2.14 bits per heavy atom. The van der Waals surface area contributed by atoms with E-state index in [0.717, 1.165) is 12.8 Å². The number of carbonyl (C=O) groups is 1. The fraction of sp³-hybridized carbons (Fsp3) is 0.900. The van der Waals surface area contributed by atoms with Crippen molar-refractivity contribution in [3.05, 3.63) is 0 Å². The highest BCUT2D eigenvalue weighted by Crippen LogP contribution is 2.19. The van der Waals surface area contributed by atoms with Crippen molar-refractivity contribution >= 4 is 17.1 Å². The van der Waals surface area contributed by atoms with Crippen LogP contribution in [-0.2, 0) is 16.2 Å². The third-order valence-electron chi connectivity index (χ3n) is 2.31. The van der Waals surface area contributed by atoms with Crippen LogP contribution in [0, 0.1) is 0 Å². The van der Waals surface area contributed by atoms with Crippen LogP contribution in [0.2, 0.25) is 0 Å². The first kappa shape index (κ1) is 12.0. The Hall–Kier alpha value is -0.0600. The molecule has 2 atom stereocenters. The molecule has 0 heterocycles. The number of nitrogens with one attached hydrogen (secondary N) is 1. The van der Waals surface area contributed by atoms with Crippen molar-refractivity contribution in [3.63, 3.8) is 0 Å². The Bertz CT molecular complexity index is 213. The van der Waals surface area contributed by atoms with E-state index in [2.05, 4.69) is 4.72 Å². The number of rotatable bonds is 2. The monoisotopic (exact) mass is 217 g/mol. The van der Waals surface area contributed by atoms with Gasteiger partial charge in [0.2, 0.25) is 0 Å². The lowest BCUT2D eigenvalue weighted by Gasteiger charge is -2.29. The van der Waals surface area contributed by atoms with Crippen molar-refractivity contribution in [1.29, 1.82) is 0 Å². The normalized spacial score (nSPS) is 26.3. The topological polar surface area (TPSA) is 52.2 Å². The molecule has 0 aliphatic heterocycles. The summed E-state index contributed by atoms with van der Waals surface area (Å²) in [6.45, 7) is 5.79. The summed E-state index contributed by atoms with van der Waals surface area (Å²) in [7, 11) is 0. The van der Waals surface area contributed by atoms with Crippen LogP contribution in [0.3, 0.4) is 0 Å². The minimum Gasteiger partial charge on any atom is -0.598 e.